The number of rotatable bonds is 8. The lowest BCUT2D eigenvalue weighted by molar-refractivity contribution is -0.384. The van der Waals surface area contributed by atoms with E-state index in [2.05, 4.69) is 5.32 Å². The van der Waals surface area contributed by atoms with Gasteiger partial charge in [0.2, 0.25) is 5.91 Å². The van der Waals surface area contributed by atoms with Crippen LogP contribution in [0.25, 0.3) is 0 Å². The van der Waals surface area contributed by atoms with Crippen molar-refractivity contribution < 1.29 is 24.4 Å². The molecule has 0 unspecified atom stereocenters. The van der Waals surface area contributed by atoms with E-state index in [-0.39, 0.29) is 30.7 Å². The van der Waals surface area contributed by atoms with Gasteiger partial charge in [0.25, 0.3) is 5.69 Å². The number of Topliss-reactive ketones (excluding diaryl/α,β-unsaturated/α-hetero) is 1. The molecule has 1 atom stereocenters. The molecule has 0 saturated heterocycles. The van der Waals surface area contributed by atoms with Crippen LogP contribution in [0.3, 0.4) is 0 Å². The second-order valence-corrected chi connectivity index (χ2v) is 4.80. The SMILES string of the molecule is CC(=O)CC[C@H](NC(=O)Cc1cccc([N+](=O)[O-])c1)C(=O)O. The fourth-order valence-corrected chi connectivity index (χ4v) is 1.82. The molecule has 22 heavy (non-hydrogen) atoms. The molecule has 1 rings (SSSR count). The molecule has 0 saturated carbocycles. The molecule has 0 fully saturated rings. The number of carbonyl (C=O) groups is 3. The van der Waals surface area contributed by atoms with Crippen molar-refractivity contribution in [1.29, 1.82) is 0 Å². The number of benzene rings is 1. The molecule has 1 aromatic carbocycles. The first kappa shape index (κ1) is 17.3. The summed E-state index contributed by atoms with van der Waals surface area (Å²) in [5.41, 5.74) is 0.263. The number of amides is 1. The molecule has 0 aliphatic rings. The topological polar surface area (TPSA) is 127 Å². The van der Waals surface area contributed by atoms with Gasteiger partial charge in [0.05, 0.1) is 11.3 Å². The maximum atomic E-state index is 11.8. The number of nitro benzene ring substituents is 1. The van der Waals surface area contributed by atoms with Crippen molar-refractivity contribution in [2.24, 2.45) is 0 Å². The Morgan fingerprint density at radius 3 is 2.59 bits per heavy atom. The van der Waals surface area contributed by atoms with E-state index in [0.717, 1.165) is 0 Å². The zero-order valence-corrected chi connectivity index (χ0v) is 11.9. The Balaban J connectivity index is 2.67. The number of ketones is 1. The number of non-ortho nitro benzene ring substituents is 1. The number of nitrogens with zero attached hydrogens (tertiary/aromatic N) is 1. The lowest BCUT2D eigenvalue weighted by atomic mass is 10.1. The fraction of sp³-hybridized carbons (Fsp3) is 0.357. The molecule has 0 heterocycles. The summed E-state index contributed by atoms with van der Waals surface area (Å²) in [6.45, 7) is 1.34. The number of aliphatic carboxylic acids is 1. The van der Waals surface area contributed by atoms with E-state index in [4.69, 9.17) is 5.11 Å². The Labute approximate surface area is 126 Å². The van der Waals surface area contributed by atoms with Crippen molar-refractivity contribution in [3.63, 3.8) is 0 Å². The summed E-state index contributed by atoms with van der Waals surface area (Å²) < 4.78 is 0. The van der Waals surface area contributed by atoms with Crippen LogP contribution in [0.2, 0.25) is 0 Å². The van der Waals surface area contributed by atoms with Gasteiger partial charge in [-0.2, -0.15) is 0 Å². The molecule has 0 aromatic heterocycles. The average Bonchev–Trinajstić information content (AvgIpc) is 2.43. The van der Waals surface area contributed by atoms with Crippen LogP contribution >= 0.6 is 0 Å². The first-order valence-corrected chi connectivity index (χ1v) is 6.54. The predicted octanol–water partition coefficient (Wildman–Crippen LogP) is 1.08. The highest BCUT2D eigenvalue weighted by molar-refractivity contribution is 5.85. The van der Waals surface area contributed by atoms with Crippen LogP contribution in [0.5, 0.6) is 0 Å². The highest BCUT2D eigenvalue weighted by Crippen LogP contribution is 2.13. The van der Waals surface area contributed by atoms with Crippen LogP contribution in [0.1, 0.15) is 25.3 Å². The van der Waals surface area contributed by atoms with Gasteiger partial charge >= 0.3 is 5.97 Å². The van der Waals surface area contributed by atoms with Crippen LogP contribution in [0, 0.1) is 10.1 Å². The van der Waals surface area contributed by atoms with E-state index in [9.17, 15) is 24.5 Å². The normalized spacial score (nSPS) is 11.5. The highest BCUT2D eigenvalue weighted by atomic mass is 16.6. The lowest BCUT2D eigenvalue weighted by Gasteiger charge is -2.13. The van der Waals surface area contributed by atoms with Crippen molar-refractivity contribution in [2.45, 2.75) is 32.2 Å². The third kappa shape index (κ3) is 5.70. The molecule has 118 valence electrons. The monoisotopic (exact) mass is 308 g/mol. The average molecular weight is 308 g/mol. The molecular formula is C14H16N2O6. The molecule has 8 heteroatoms. The van der Waals surface area contributed by atoms with E-state index in [1.807, 2.05) is 0 Å². The van der Waals surface area contributed by atoms with Crippen LogP contribution in [0.4, 0.5) is 5.69 Å². The minimum atomic E-state index is -1.23. The summed E-state index contributed by atoms with van der Waals surface area (Å²) >= 11 is 0. The standard InChI is InChI=1S/C14H16N2O6/c1-9(17)5-6-12(14(19)20)15-13(18)8-10-3-2-4-11(7-10)16(21)22/h2-4,7,12H,5-6,8H2,1H3,(H,15,18)(H,19,20)/t12-/m0/s1. The second kappa shape index (κ2) is 7.87. The summed E-state index contributed by atoms with van der Waals surface area (Å²) in [6, 6.07) is 4.39. The number of carboxylic acid groups (broad SMARTS) is 1. The number of nitro groups is 1. The maximum Gasteiger partial charge on any atom is 0.326 e. The van der Waals surface area contributed by atoms with Gasteiger partial charge in [-0.3, -0.25) is 14.9 Å². The van der Waals surface area contributed by atoms with Gasteiger partial charge in [0.1, 0.15) is 11.8 Å². The van der Waals surface area contributed by atoms with E-state index in [1.54, 1.807) is 0 Å². The maximum absolute atomic E-state index is 11.8. The van der Waals surface area contributed by atoms with Crippen molar-refractivity contribution >= 4 is 23.3 Å². The molecule has 2 N–H and O–H groups in total. The quantitative estimate of drug-likeness (QED) is 0.546. The Hall–Kier alpha value is -2.77. The smallest absolute Gasteiger partial charge is 0.326 e. The van der Waals surface area contributed by atoms with Crippen molar-refractivity contribution in [2.75, 3.05) is 0 Å². The largest absolute Gasteiger partial charge is 0.480 e. The van der Waals surface area contributed by atoms with Crippen LogP contribution in [0.15, 0.2) is 24.3 Å². The first-order valence-electron chi connectivity index (χ1n) is 6.54. The Morgan fingerprint density at radius 2 is 2.05 bits per heavy atom. The Bertz CT molecular complexity index is 599. The summed E-state index contributed by atoms with van der Waals surface area (Å²) in [7, 11) is 0. The van der Waals surface area contributed by atoms with Gasteiger partial charge in [-0.05, 0) is 18.9 Å². The zero-order chi connectivity index (χ0) is 16.7. The minimum Gasteiger partial charge on any atom is -0.480 e. The lowest BCUT2D eigenvalue weighted by Crippen LogP contribution is -2.41. The predicted molar refractivity (Wildman–Crippen MR) is 76.3 cm³/mol. The highest BCUT2D eigenvalue weighted by Gasteiger charge is 2.20. The summed E-state index contributed by atoms with van der Waals surface area (Å²) in [6.07, 6.45) is -0.120. The summed E-state index contributed by atoms with van der Waals surface area (Å²) in [4.78, 5) is 43.8. The molecule has 0 spiro atoms. The summed E-state index contributed by atoms with van der Waals surface area (Å²) in [5, 5.41) is 22.0. The molecule has 0 radical (unpaired) electrons. The van der Waals surface area contributed by atoms with Crippen LogP contribution < -0.4 is 5.32 Å². The van der Waals surface area contributed by atoms with Crippen LogP contribution in [-0.2, 0) is 20.8 Å². The van der Waals surface area contributed by atoms with E-state index in [0.29, 0.717) is 5.56 Å². The third-order valence-electron chi connectivity index (χ3n) is 2.90. The molecule has 8 nitrogen and oxygen atoms in total. The minimum absolute atomic E-state index is 0.00530. The Kier molecular flexibility index (Phi) is 6.18. The number of carbonyl (C=O) groups excluding carboxylic acids is 2. The van der Waals surface area contributed by atoms with E-state index >= 15 is 0 Å². The van der Waals surface area contributed by atoms with Gasteiger partial charge in [0.15, 0.2) is 0 Å². The molecule has 0 aliphatic carbocycles. The van der Waals surface area contributed by atoms with Gasteiger partial charge < -0.3 is 15.2 Å². The molecule has 0 aliphatic heterocycles. The molecule has 1 amide bonds. The molecule has 0 bridgehead atoms. The number of hydrogen-bond acceptors (Lipinski definition) is 5. The van der Waals surface area contributed by atoms with Crippen molar-refractivity contribution in [3.05, 3.63) is 39.9 Å². The molecular weight excluding hydrogens is 292 g/mol. The fourth-order valence-electron chi connectivity index (χ4n) is 1.82. The Morgan fingerprint density at radius 1 is 1.36 bits per heavy atom. The number of carboxylic acids is 1. The van der Waals surface area contributed by atoms with Crippen LogP contribution in [-0.4, -0.2) is 33.7 Å². The first-order chi connectivity index (χ1) is 10.3. The third-order valence-corrected chi connectivity index (χ3v) is 2.90. The van der Waals surface area contributed by atoms with Gasteiger partial charge in [-0.1, -0.05) is 12.1 Å². The number of hydrogen-bond donors (Lipinski definition) is 2. The van der Waals surface area contributed by atoms with Crippen molar-refractivity contribution in [1.82, 2.24) is 5.32 Å². The number of nitrogens with one attached hydrogen (secondary N) is 1. The van der Waals surface area contributed by atoms with Crippen molar-refractivity contribution in [3.8, 4) is 0 Å². The van der Waals surface area contributed by atoms with Gasteiger partial charge in [-0.25, -0.2) is 4.79 Å². The van der Waals surface area contributed by atoms with E-state index in [1.165, 1.54) is 31.2 Å². The second-order valence-electron chi connectivity index (χ2n) is 4.80. The van der Waals surface area contributed by atoms with E-state index < -0.39 is 22.8 Å². The zero-order valence-electron chi connectivity index (χ0n) is 11.9. The summed E-state index contributed by atoms with van der Waals surface area (Å²) in [5.74, 6) is -1.97. The van der Waals surface area contributed by atoms with Gasteiger partial charge in [-0.15, -0.1) is 0 Å². The van der Waals surface area contributed by atoms with Gasteiger partial charge in [0, 0.05) is 18.6 Å². The molecule has 1 aromatic rings.